The third kappa shape index (κ3) is 3.09. The Hall–Kier alpha value is -1.07. The monoisotopic (exact) mass is 326 g/mol. The van der Waals surface area contributed by atoms with Crippen molar-refractivity contribution in [2.45, 2.75) is 31.9 Å². The molecule has 0 aliphatic carbocycles. The molecule has 1 aliphatic rings. The zero-order valence-corrected chi connectivity index (χ0v) is 12.6. The second-order valence-electron chi connectivity index (χ2n) is 4.75. The highest BCUT2D eigenvalue weighted by Gasteiger charge is 2.29. The number of aliphatic hydroxyl groups is 1. The van der Waals surface area contributed by atoms with Crippen molar-refractivity contribution in [3.05, 3.63) is 28.2 Å². The smallest absolute Gasteiger partial charge is 0.242 e. The molecule has 1 saturated heterocycles. The van der Waals surface area contributed by atoms with Crippen LogP contribution in [-0.4, -0.2) is 30.6 Å². The Morgan fingerprint density at radius 2 is 2.32 bits per heavy atom. The normalized spacial score (nSPS) is 19.3. The number of aliphatic hydroxyl groups excluding tert-OH is 1. The summed E-state index contributed by atoms with van der Waals surface area (Å²) in [6.07, 6.45) is 3.00. The second-order valence-corrected chi connectivity index (χ2v) is 5.67. The third-order valence-electron chi connectivity index (χ3n) is 3.58. The van der Waals surface area contributed by atoms with Crippen LogP contribution in [0.5, 0.6) is 0 Å². The van der Waals surface area contributed by atoms with E-state index in [0.717, 1.165) is 41.5 Å². The fraction of sp³-hybridized carbons (Fsp3) is 0.500. The van der Waals surface area contributed by atoms with E-state index in [2.05, 4.69) is 26.1 Å². The van der Waals surface area contributed by atoms with Crippen molar-refractivity contribution in [2.75, 3.05) is 18.5 Å². The first-order valence-corrected chi connectivity index (χ1v) is 7.34. The van der Waals surface area contributed by atoms with Gasteiger partial charge >= 0.3 is 0 Å². The minimum Gasteiger partial charge on any atom is -0.392 e. The van der Waals surface area contributed by atoms with E-state index < -0.39 is 0 Å². The largest absolute Gasteiger partial charge is 0.392 e. The van der Waals surface area contributed by atoms with Gasteiger partial charge in [-0.3, -0.25) is 4.79 Å². The molecule has 1 unspecified atom stereocenters. The minimum atomic E-state index is -0.140. The standard InChI is InChI=1S/C14H19BrN2O2/c1-16-14(19)12-4-2-3-7-17(12)13-8-11(15)6-5-10(13)9-18/h5-6,8,12,18H,2-4,7,9H2,1H3,(H,16,19). The molecule has 2 N–H and O–H groups in total. The maximum atomic E-state index is 12.0. The Balaban J connectivity index is 2.36. The summed E-state index contributed by atoms with van der Waals surface area (Å²) < 4.78 is 0.959. The van der Waals surface area contributed by atoms with Crippen molar-refractivity contribution >= 4 is 27.5 Å². The number of amides is 1. The van der Waals surface area contributed by atoms with E-state index in [9.17, 15) is 9.90 Å². The van der Waals surface area contributed by atoms with E-state index >= 15 is 0 Å². The summed E-state index contributed by atoms with van der Waals surface area (Å²) in [6, 6.07) is 5.65. The van der Waals surface area contributed by atoms with E-state index in [0.29, 0.717) is 0 Å². The number of nitrogens with one attached hydrogen (secondary N) is 1. The predicted molar refractivity (Wildman–Crippen MR) is 79.1 cm³/mol. The number of hydrogen-bond acceptors (Lipinski definition) is 3. The van der Waals surface area contributed by atoms with E-state index in [-0.39, 0.29) is 18.6 Å². The number of rotatable bonds is 3. The topological polar surface area (TPSA) is 52.6 Å². The van der Waals surface area contributed by atoms with Crippen molar-refractivity contribution in [1.82, 2.24) is 5.32 Å². The van der Waals surface area contributed by atoms with Crippen molar-refractivity contribution in [2.24, 2.45) is 0 Å². The molecular formula is C14H19BrN2O2. The molecule has 0 spiro atoms. The van der Waals surface area contributed by atoms with E-state index in [1.54, 1.807) is 7.05 Å². The molecular weight excluding hydrogens is 308 g/mol. The van der Waals surface area contributed by atoms with Crippen LogP contribution < -0.4 is 10.2 Å². The van der Waals surface area contributed by atoms with Gasteiger partial charge in [0.2, 0.25) is 5.91 Å². The fourth-order valence-electron chi connectivity index (χ4n) is 2.60. The Morgan fingerprint density at radius 1 is 1.53 bits per heavy atom. The Kier molecular flexibility index (Phi) is 4.82. The Labute approximate surface area is 121 Å². The molecule has 2 rings (SSSR count). The van der Waals surface area contributed by atoms with Crippen LogP contribution in [0.3, 0.4) is 0 Å². The molecule has 1 atom stereocenters. The highest BCUT2D eigenvalue weighted by molar-refractivity contribution is 9.10. The van der Waals surface area contributed by atoms with E-state index in [1.165, 1.54) is 0 Å². The van der Waals surface area contributed by atoms with Crippen molar-refractivity contribution in [1.29, 1.82) is 0 Å². The summed E-state index contributed by atoms with van der Waals surface area (Å²) in [4.78, 5) is 14.1. The van der Waals surface area contributed by atoms with Crippen LogP contribution in [0.4, 0.5) is 5.69 Å². The Bertz CT molecular complexity index is 465. The number of nitrogens with zero attached hydrogens (tertiary/aromatic N) is 1. The van der Waals surface area contributed by atoms with Crippen molar-refractivity contribution < 1.29 is 9.90 Å². The van der Waals surface area contributed by atoms with Gasteiger partial charge in [-0.25, -0.2) is 0 Å². The van der Waals surface area contributed by atoms with Gasteiger partial charge < -0.3 is 15.3 Å². The molecule has 104 valence electrons. The molecule has 4 nitrogen and oxygen atoms in total. The van der Waals surface area contributed by atoms with E-state index in [1.807, 2.05) is 18.2 Å². The van der Waals surface area contributed by atoms with Crippen LogP contribution in [-0.2, 0) is 11.4 Å². The Morgan fingerprint density at radius 3 is 3.00 bits per heavy atom. The summed E-state index contributed by atoms with van der Waals surface area (Å²) in [5, 5.41) is 12.2. The molecule has 1 aromatic rings. The summed E-state index contributed by atoms with van der Waals surface area (Å²) >= 11 is 3.46. The lowest BCUT2D eigenvalue weighted by molar-refractivity contribution is -0.122. The highest BCUT2D eigenvalue weighted by Crippen LogP contribution is 2.30. The summed E-state index contributed by atoms with van der Waals surface area (Å²) in [5.41, 5.74) is 1.81. The fourth-order valence-corrected chi connectivity index (χ4v) is 2.95. The molecule has 19 heavy (non-hydrogen) atoms. The number of likely N-dealkylation sites (N-methyl/N-ethyl adjacent to an activating group) is 1. The van der Waals surface area contributed by atoms with Gasteiger partial charge in [0.15, 0.2) is 0 Å². The van der Waals surface area contributed by atoms with Crippen molar-refractivity contribution in [3.63, 3.8) is 0 Å². The maximum Gasteiger partial charge on any atom is 0.242 e. The van der Waals surface area contributed by atoms with Crippen LogP contribution in [0, 0.1) is 0 Å². The lowest BCUT2D eigenvalue weighted by Gasteiger charge is -2.37. The molecule has 0 saturated carbocycles. The SMILES string of the molecule is CNC(=O)C1CCCCN1c1cc(Br)ccc1CO. The number of hydrogen-bond donors (Lipinski definition) is 2. The van der Waals surface area contributed by atoms with Crippen LogP contribution in [0.2, 0.25) is 0 Å². The molecule has 0 bridgehead atoms. The molecule has 1 amide bonds. The number of carbonyl (C=O) groups excluding carboxylic acids is 1. The molecule has 1 fully saturated rings. The first kappa shape index (κ1) is 14.3. The minimum absolute atomic E-state index is 0.0143. The predicted octanol–water partition coefficient (Wildman–Crippen LogP) is 2.05. The van der Waals surface area contributed by atoms with Gasteiger partial charge in [0.25, 0.3) is 0 Å². The zero-order chi connectivity index (χ0) is 13.8. The number of piperidine rings is 1. The van der Waals surface area contributed by atoms with Gasteiger partial charge in [0.1, 0.15) is 6.04 Å². The van der Waals surface area contributed by atoms with Crippen LogP contribution in [0.15, 0.2) is 22.7 Å². The quantitative estimate of drug-likeness (QED) is 0.893. The summed E-state index contributed by atoms with van der Waals surface area (Å²) in [6.45, 7) is 0.834. The average Bonchev–Trinajstić information content (AvgIpc) is 2.46. The van der Waals surface area contributed by atoms with Gasteiger partial charge in [-0.15, -0.1) is 0 Å². The van der Waals surface area contributed by atoms with Gasteiger partial charge in [-0.2, -0.15) is 0 Å². The van der Waals surface area contributed by atoms with Crippen molar-refractivity contribution in [3.8, 4) is 0 Å². The van der Waals surface area contributed by atoms with Gasteiger partial charge in [-0.1, -0.05) is 22.0 Å². The van der Waals surface area contributed by atoms with Crippen LogP contribution >= 0.6 is 15.9 Å². The first-order valence-electron chi connectivity index (χ1n) is 6.55. The van der Waals surface area contributed by atoms with E-state index in [4.69, 9.17) is 0 Å². The van der Waals surface area contributed by atoms with Gasteiger partial charge in [0, 0.05) is 29.3 Å². The average molecular weight is 327 g/mol. The lowest BCUT2D eigenvalue weighted by Crippen LogP contribution is -2.49. The molecule has 0 aromatic heterocycles. The first-order chi connectivity index (χ1) is 9.17. The van der Waals surface area contributed by atoms with Gasteiger partial charge in [0.05, 0.1) is 6.61 Å². The third-order valence-corrected chi connectivity index (χ3v) is 4.07. The number of carbonyl (C=O) groups is 1. The number of anilines is 1. The lowest BCUT2D eigenvalue weighted by atomic mass is 9.99. The molecule has 5 heteroatoms. The number of halogens is 1. The summed E-state index contributed by atoms with van der Waals surface area (Å²) in [7, 11) is 1.67. The zero-order valence-electron chi connectivity index (χ0n) is 11.0. The van der Waals surface area contributed by atoms with Gasteiger partial charge in [-0.05, 0) is 31.4 Å². The molecule has 1 heterocycles. The van der Waals surface area contributed by atoms with Crippen LogP contribution in [0.25, 0.3) is 0 Å². The molecule has 0 radical (unpaired) electrons. The molecule has 1 aromatic carbocycles. The molecule has 1 aliphatic heterocycles. The second kappa shape index (κ2) is 6.39. The highest BCUT2D eigenvalue weighted by atomic mass is 79.9. The summed E-state index contributed by atoms with van der Waals surface area (Å²) in [5.74, 6) is 0.0450. The van der Waals surface area contributed by atoms with Crippen LogP contribution in [0.1, 0.15) is 24.8 Å². The number of benzene rings is 1. The maximum absolute atomic E-state index is 12.0.